The Kier molecular flexibility index (Phi) is 1.87. The van der Waals surface area contributed by atoms with Crippen molar-refractivity contribution in [2.24, 2.45) is 5.41 Å². The molecule has 1 aromatic carbocycles. The highest BCUT2D eigenvalue weighted by Gasteiger charge is 2.48. The summed E-state index contributed by atoms with van der Waals surface area (Å²) < 4.78 is 37.2. The van der Waals surface area contributed by atoms with Gasteiger partial charge in [-0.15, -0.1) is 0 Å². The molecule has 5 heteroatoms. The Balaban J connectivity index is 2.15. The second-order valence-electron chi connectivity index (χ2n) is 4.75. The summed E-state index contributed by atoms with van der Waals surface area (Å²) in [5, 5.41) is 3.06. The Bertz CT molecular complexity index is 549. The summed E-state index contributed by atoms with van der Waals surface area (Å²) in [5.74, 6) is -0.223. The minimum atomic E-state index is -3.27. The fourth-order valence-electron chi connectivity index (χ4n) is 2.22. The Hall–Kier alpha value is -1.10. The molecule has 0 unspecified atom stereocenters. The first-order valence-electron chi connectivity index (χ1n) is 5.27. The van der Waals surface area contributed by atoms with E-state index in [1.807, 2.05) is 0 Å². The molecule has 1 saturated carbocycles. The minimum absolute atomic E-state index is 0.103. The van der Waals surface area contributed by atoms with Crippen LogP contribution in [0.25, 0.3) is 0 Å². The third kappa shape index (κ3) is 1.50. The third-order valence-electron chi connectivity index (χ3n) is 3.38. The summed E-state index contributed by atoms with van der Waals surface area (Å²) in [5.41, 5.74) is 0.303. The van der Waals surface area contributed by atoms with Gasteiger partial charge in [-0.2, -0.15) is 0 Å². The Morgan fingerprint density at radius 3 is 2.75 bits per heavy atom. The predicted molar refractivity (Wildman–Crippen MR) is 58.6 cm³/mol. The summed E-state index contributed by atoms with van der Waals surface area (Å²) in [7, 11) is -3.27. The first kappa shape index (κ1) is 10.1. The zero-order valence-electron chi connectivity index (χ0n) is 8.66. The van der Waals surface area contributed by atoms with E-state index in [1.54, 1.807) is 0 Å². The van der Waals surface area contributed by atoms with Gasteiger partial charge in [0.15, 0.2) is 9.84 Å². The number of anilines is 1. The molecule has 1 aromatic rings. The van der Waals surface area contributed by atoms with E-state index in [2.05, 4.69) is 5.32 Å². The van der Waals surface area contributed by atoms with E-state index in [-0.39, 0.29) is 16.1 Å². The minimum Gasteiger partial charge on any atom is -0.383 e. The number of fused-ring (bicyclic) bond motifs is 1. The van der Waals surface area contributed by atoms with Crippen LogP contribution in [0.3, 0.4) is 0 Å². The van der Waals surface area contributed by atoms with Gasteiger partial charge in [-0.3, -0.25) is 0 Å². The lowest BCUT2D eigenvalue weighted by Crippen LogP contribution is -2.20. The molecule has 2 aliphatic rings. The third-order valence-corrected chi connectivity index (χ3v) is 5.40. The monoisotopic (exact) mass is 241 g/mol. The zero-order valence-corrected chi connectivity index (χ0v) is 9.48. The zero-order chi connectivity index (χ0) is 11.4. The summed E-state index contributed by atoms with van der Waals surface area (Å²) >= 11 is 0. The average Bonchev–Trinajstić information content (AvgIpc) is 2.95. The number of nitrogens with one attached hydrogen (secondary N) is 1. The maximum Gasteiger partial charge on any atom is 0.181 e. The fraction of sp³-hybridized carbons (Fsp3) is 0.455. The lowest BCUT2D eigenvalue weighted by molar-refractivity contribution is 0.562. The predicted octanol–water partition coefficient (Wildman–Crippen LogP) is 1.81. The molecule has 86 valence electrons. The number of halogens is 1. The van der Waals surface area contributed by atoms with Gasteiger partial charge in [-0.1, -0.05) is 0 Å². The van der Waals surface area contributed by atoms with Crippen LogP contribution in [-0.4, -0.2) is 20.7 Å². The van der Waals surface area contributed by atoms with Crippen LogP contribution in [0.2, 0.25) is 0 Å². The topological polar surface area (TPSA) is 46.2 Å². The van der Waals surface area contributed by atoms with E-state index in [4.69, 9.17) is 0 Å². The van der Waals surface area contributed by atoms with Crippen molar-refractivity contribution in [3.63, 3.8) is 0 Å². The summed E-state index contributed by atoms with van der Waals surface area (Å²) in [6.07, 6.45) is 1.88. The molecular weight excluding hydrogens is 229 g/mol. The van der Waals surface area contributed by atoms with E-state index in [1.165, 1.54) is 18.2 Å². The molecule has 0 saturated heterocycles. The highest BCUT2D eigenvalue weighted by Crippen LogP contribution is 2.49. The summed E-state index contributed by atoms with van der Waals surface area (Å²) in [6.45, 7) is 0.628. The number of benzene rings is 1. The molecule has 1 aliphatic carbocycles. The average molecular weight is 241 g/mol. The highest BCUT2D eigenvalue weighted by molar-refractivity contribution is 7.91. The largest absolute Gasteiger partial charge is 0.383 e. The fourth-order valence-corrected chi connectivity index (χ4v) is 4.32. The van der Waals surface area contributed by atoms with Gasteiger partial charge in [-0.25, -0.2) is 12.8 Å². The second kappa shape index (κ2) is 2.97. The summed E-state index contributed by atoms with van der Waals surface area (Å²) in [4.78, 5) is 0.234. The molecule has 1 aliphatic heterocycles. The van der Waals surface area contributed by atoms with Crippen molar-refractivity contribution in [1.29, 1.82) is 0 Å². The van der Waals surface area contributed by atoms with Crippen LogP contribution in [0.4, 0.5) is 10.1 Å². The van der Waals surface area contributed by atoms with Crippen molar-refractivity contribution in [3.8, 4) is 0 Å². The number of hydrogen-bond acceptors (Lipinski definition) is 3. The van der Waals surface area contributed by atoms with Crippen molar-refractivity contribution >= 4 is 15.5 Å². The van der Waals surface area contributed by atoms with Crippen molar-refractivity contribution < 1.29 is 12.8 Å². The van der Waals surface area contributed by atoms with Crippen molar-refractivity contribution in [1.82, 2.24) is 0 Å². The first-order valence-corrected chi connectivity index (χ1v) is 6.92. The van der Waals surface area contributed by atoms with Gasteiger partial charge in [-0.05, 0) is 31.0 Å². The molecule has 0 aromatic heterocycles. The maximum absolute atomic E-state index is 13.1. The quantitative estimate of drug-likeness (QED) is 0.705. The van der Waals surface area contributed by atoms with Gasteiger partial charge < -0.3 is 5.32 Å². The number of hydrogen-bond donors (Lipinski definition) is 1. The molecule has 0 bridgehead atoms. The molecule has 16 heavy (non-hydrogen) atoms. The lowest BCUT2D eigenvalue weighted by Gasteiger charge is -2.09. The second-order valence-corrected chi connectivity index (χ2v) is 6.71. The van der Waals surface area contributed by atoms with Crippen molar-refractivity contribution in [2.75, 3.05) is 17.6 Å². The van der Waals surface area contributed by atoms with Crippen LogP contribution in [0.15, 0.2) is 23.1 Å². The SMILES string of the molecule is O=S1(=O)CC2(CC2)CNc2cc(F)ccc21. The van der Waals surface area contributed by atoms with Crippen molar-refractivity contribution in [2.45, 2.75) is 17.7 Å². The Labute approximate surface area is 93.6 Å². The molecule has 1 spiro atoms. The van der Waals surface area contributed by atoms with E-state index in [9.17, 15) is 12.8 Å². The molecular formula is C11H12FNO2S. The highest BCUT2D eigenvalue weighted by atomic mass is 32.2. The van der Waals surface area contributed by atoms with Crippen LogP contribution in [0.1, 0.15) is 12.8 Å². The van der Waals surface area contributed by atoms with Crippen molar-refractivity contribution in [3.05, 3.63) is 24.0 Å². The molecule has 3 nitrogen and oxygen atoms in total. The van der Waals surface area contributed by atoms with Crippen LogP contribution in [0.5, 0.6) is 0 Å². The first-order chi connectivity index (χ1) is 7.51. The molecule has 0 atom stereocenters. The Morgan fingerprint density at radius 1 is 1.31 bits per heavy atom. The van der Waals surface area contributed by atoms with E-state index in [0.29, 0.717) is 12.2 Å². The summed E-state index contributed by atoms with van der Waals surface area (Å²) in [6, 6.07) is 3.81. The van der Waals surface area contributed by atoms with Gasteiger partial charge in [0.05, 0.1) is 16.3 Å². The number of sulfone groups is 1. The van der Waals surface area contributed by atoms with Crippen LogP contribution in [-0.2, 0) is 9.84 Å². The molecule has 1 fully saturated rings. The number of rotatable bonds is 0. The van der Waals surface area contributed by atoms with Gasteiger partial charge in [0.25, 0.3) is 0 Å². The van der Waals surface area contributed by atoms with E-state index >= 15 is 0 Å². The molecule has 0 amide bonds. The molecule has 3 rings (SSSR count). The van der Waals surface area contributed by atoms with Gasteiger partial charge in [0.2, 0.25) is 0 Å². The van der Waals surface area contributed by atoms with Crippen LogP contribution in [0, 0.1) is 11.2 Å². The van der Waals surface area contributed by atoms with E-state index in [0.717, 1.165) is 12.8 Å². The van der Waals surface area contributed by atoms with Crippen LogP contribution >= 0.6 is 0 Å². The maximum atomic E-state index is 13.1. The van der Waals surface area contributed by atoms with Gasteiger partial charge in [0, 0.05) is 12.0 Å². The smallest absolute Gasteiger partial charge is 0.181 e. The molecule has 0 radical (unpaired) electrons. The lowest BCUT2D eigenvalue weighted by atomic mass is 10.1. The van der Waals surface area contributed by atoms with E-state index < -0.39 is 15.7 Å². The normalized spacial score (nSPS) is 24.3. The molecule has 1 heterocycles. The Morgan fingerprint density at radius 2 is 2.06 bits per heavy atom. The van der Waals surface area contributed by atoms with Crippen LogP contribution < -0.4 is 5.32 Å². The molecule has 1 N–H and O–H groups in total. The standard InChI is InChI=1S/C11H12FNO2S/c12-8-1-2-10-9(5-8)13-6-11(3-4-11)7-16(10,14)15/h1-2,5,13H,3-4,6-7H2. The van der Waals surface area contributed by atoms with Gasteiger partial charge >= 0.3 is 0 Å². The van der Waals surface area contributed by atoms with Gasteiger partial charge in [0.1, 0.15) is 5.82 Å².